The molecule has 0 aliphatic carbocycles. The Morgan fingerprint density at radius 3 is 2.22 bits per heavy atom. The lowest BCUT2D eigenvalue weighted by Crippen LogP contribution is -2.47. The van der Waals surface area contributed by atoms with Crippen LogP contribution < -0.4 is 0 Å². The maximum absolute atomic E-state index is 12.1. The summed E-state index contributed by atoms with van der Waals surface area (Å²) in [6.07, 6.45) is -4.65. The van der Waals surface area contributed by atoms with Crippen LogP contribution in [0, 0.1) is 0 Å². The number of piperidine rings is 1. The standard InChI is InChI=1S/C12H20F3NO2/c1-9(2)16-7-5-11(18,6-8-16)4-3-10(17)12(13,14)15/h9,18H,3-8H2,1-2H3. The number of Topliss-reactive ketones (excluding diaryl/α,β-unsaturated/α-hetero) is 1. The van der Waals surface area contributed by atoms with E-state index in [1.54, 1.807) is 0 Å². The molecule has 0 aromatic rings. The number of nitrogens with zero attached hydrogens (tertiary/aromatic N) is 1. The summed E-state index contributed by atoms with van der Waals surface area (Å²) in [4.78, 5) is 12.9. The first-order valence-corrected chi connectivity index (χ1v) is 6.20. The molecule has 0 amide bonds. The van der Waals surface area contributed by atoms with E-state index >= 15 is 0 Å². The van der Waals surface area contributed by atoms with E-state index in [1.807, 2.05) is 13.8 Å². The Balaban J connectivity index is 2.42. The van der Waals surface area contributed by atoms with Gasteiger partial charge in [0.1, 0.15) is 0 Å². The van der Waals surface area contributed by atoms with Crippen LogP contribution in [0.1, 0.15) is 39.5 Å². The average Bonchev–Trinajstić information content (AvgIpc) is 2.25. The van der Waals surface area contributed by atoms with E-state index in [0.29, 0.717) is 32.0 Å². The van der Waals surface area contributed by atoms with Crippen LogP contribution in [0.25, 0.3) is 0 Å². The van der Waals surface area contributed by atoms with Gasteiger partial charge in [-0.1, -0.05) is 0 Å². The summed E-state index contributed by atoms with van der Waals surface area (Å²) in [5.74, 6) is -1.75. The first-order chi connectivity index (χ1) is 8.14. The van der Waals surface area contributed by atoms with Crippen molar-refractivity contribution in [3.8, 4) is 0 Å². The lowest BCUT2D eigenvalue weighted by molar-refractivity contribution is -0.172. The highest BCUT2D eigenvalue weighted by Gasteiger charge is 2.40. The van der Waals surface area contributed by atoms with Crippen molar-refractivity contribution in [1.29, 1.82) is 0 Å². The zero-order chi connectivity index (χ0) is 14.0. The molecule has 1 saturated heterocycles. The molecule has 1 heterocycles. The normalized spacial score (nSPS) is 21.3. The van der Waals surface area contributed by atoms with Gasteiger partial charge in [0.15, 0.2) is 0 Å². The van der Waals surface area contributed by atoms with Gasteiger partial charge in [-0.3, -0.25) is 4.79 Å². The Hall–Kier alpha value is -0.620. The molecule has 0 aromatic heterocycles. The molecule has 1 aliphatic rings. The number of carbonyl (C=O) groups is 1. The van der Waals surface area contributed by atoms with Crippen molar-refractivity contribution in [3.05, 3.63) is 0 Å². The van der Waals surface area contributed by atoms with Crippen molar-refractivity contribution < 1.29 is 23.1 Å². The number of halogens is 3. The number of aliphatic hydroxyl groups is 1. The molecule has 1 aliphatic heterocycles. The third-order valence-corrected chi connectivity index (χ3v) is 3.59. The third-order valence-electron chi connectivity index (χ3n) is 3.59. The molecule has 106 valence electrons. The van der Waals surface area contributed by atoms with Gasteiger partial charge in [-0.2, -0.15) is 13.2 Å². The number of hydrogen-bond acceptors (Lipinski definition) is 3. The summed E-state index contributed by atoms with van der Waals surface area (Å²) in [7, 11) is 0. The molecule has 0 bridgehead atoms. The minimum atomic E-state index is -4.78. The number of ketones is 1. The average molecular weight is 267 g/mol. The smallest absolute Gasteiger partial charge is 0.390 e. The van der Waals surface area contributed by atoms with Crippen molar-refractivity contribution in [3.63, 3.8) is 0 Å². The van der Waals surface area contributed by atoms with Crippen molar-refractivity contribution >= 4 is 5.78 Å². The highest BCUT2D eigenvalue weighted by Crippen LogP contribution is 2.29. The number of rotatable bonds is 4. The summed E-state index contributed by atoms with van der Waals surface area (Å²) in [5.41, 5.74) is -1.12. The second-order valence-corrected chi connectivity index (χ2v) is 5.27. The summed E-state index contributed by atoms with van der Waals surface area (Å²) in [5, 5.41) is 10.1. The number of alkyl halides is 3. The molecular weight excluding hydrogens is 247 g/mol. The lowest BCUT2D eigenvalue weighted by atomic mass is 9.86. The fourth-order valence-corrected chi connectivity index (χ4v) is 2.19. The fourth-order valence-electron chi connectivity index (χ4n) is 2.19. The maximum atomic E-state index is 12.1. The molecule has 0 saturated carbocycles. The Bertz CT molecular complexity index is 294. The van der Waals surface area contributed by atoms with Crippen LogP contribution in [0.4, 0.5) is 13.2 Å². The molecule has 0 spiro atoms. The van der Waals surface area contributed by atoms with Crippen LogP contribution >= 0.6 is 0 Å². The Labute approximate surface area is 105 Å². The predicted molar refractivity (Wildman–Crippen MR) is 61.2 cm³/mol. The first-order valence-electron chi connectivity index (χ1n) is 6.20. The third kappa shape index (κ3) is 4.24. The zero-order valence-corrected chi connectivity index (χ0v) is 10.8. The van der Waals surface area contributed by atoms with Crippen molar-refractivity contribution in [2.75, 3.05) is 13.1 Å². The summed E-state index contributed by atoms with van der Waals surface area (Å²) in [6.45, 7) is 5.40. The van der Waals surface area contributed by atoms with Gasteiger partial charge < -0.3 is 10.0 Å². The predicted octanol–water partition coefficient (Wildman–Crippen LogP) is 2.13. The van der Waals surface area contributed by atoms with E-state index in [2.05, 4.69) is 4.90 Å². The molecule has 1 rings (SSSR count). The minimum absolute atomic E-state index is 0.0999. The van der Waals surface area contributed by atoms with Crippen LogP contribution in [-0.2, 0) is 4.79 Å². The minimum Gasteiger partial charge on any atom is -0.390 e. The molecule has 18 heavy (non-hydrogen) atoms. The van der Waals surface area contributed by atoms with E-state index in [1.165, 1.54) is 0 Å². The van der Waals surface area contributed by atoms with Crippen molar-refractivity contribution in [2.24, 2.45) is 0 Å². The fraction of sp³-hybridized carbons (Fsp3) is 0.917. The Morgan fingerprint density at radius 2 is 1.83 bits per heavy atom. The lowest BCUT2D eigenvalue weighted by Gasteiger charge is -2.40. The molecule has 1 fully saturated rings. The van der Waals surface area contributed by atoms with Gasteiger partial charge >= 0.3 is 6.18 Å². The second-order valence-electron chi connectivity index (χ2n) is 5.27. The molecule has 0 aromatic carbocycles. The van der Waals surface area contributed by atoms with Gasteiger partial charge in [-0.25, -0.2) is 0 Å². The van der Waals surface area contributed by atoms with Crippen LogP contribution in [0.2, 0.25) is 0 Å². The number of hydrogen-bond donors (Lipinski definition) is 1. The largest absolute Gasteiger partial charge is 0.449 e. The topological polar surface area (TPSA) is 40.5 Å². The van der Waals surface area contributed by atoms with Crippen LogP contribution in [-0.4, -0.2) is 46.7 Å². The molecule has 0 radical (unpaired) electrons. The van der Waals surface area contributed by atoms with Crippen molar-refractivity contribution in [1.82, 2.24) is 4.90 Å². The number of carbonyl (C=O) groups excluding carboxylic acids is 1. The highest BCUT2D eigenvalue weighted by molar-refractivity contribution is 5.83. The molecular formula is C12H20F3NO2. The summed E-state index contributed by atoms with van der Waals surface area (Å²) >= 11 is 0. The Morgan fingerprint density at radius 1 is 1.33 bits per heavy atom. The quantitative estimate of drug-likeness (QED) is 0.848. The molecule has 0 atom stereocenters. The molecule has 3 nitrogen and oxygen atoms in total. The van der Waals surface area contributed by atoms with Gasteiger partial charge in [-0.05, 0) is 33.1 Å². The van der Waals surface area contributed by atoms with Gasteiger partial charge in [0.25, 0.3) is 0 Å². The first kappa shape index (κ1) is 15.4. The summed E-state index contributed by atoms with van der Waals surface area (Å²) < 4.78 is 36.2. The van der Waals surface area contributed by atoms with E-state index in [4.69, 9.17) is 0 Å². The monoisotopic (exact) mass is 267 g/mol. The maximum Gasteiger partial charge on any atom is 0.449 e. The SMILES string of the molecule is CC(C)N1CCC(O)(CCC(=O)C(F)(F)F)CC1. The van der Waals surface area contributed by atoms with E-state index in [-0.39, 0.29) is 6.42 Å². The van der Waals surface area contributed by atoms with E-state index < -0.39 is 24.0 Å². The van der Waals surface area contributed by atoms with Crippen LogP contribution in [0.3, 0.4) is 0 Å². The zero-order valence-electron chi connectivity index (χ0n) is 10.8. The molecule has 0 unspecified atom stereocenters. The highest BCUT2D eigenvalue weighted by atomic mass is 19.4. The molecule has 1 N–H and O–H groups in total. The van der Waals surface area contributed by atoms with Gasteiger partial charge in [0.2, 0.25) is 5.78 Å². The second kappa shape index (κ2) is 5.57. The van der Waals surface area contributed by atoms with Gasteiger partial charge in [0, 0.05) is 25.6 Å². The van der Waals surface area contributed by atoms with Gasteiger partial charge in [-0.15, -0.1) is 0 Å². The van der Waals surface area contributed by atoms with Crippen LogP contribution in [0.5, 0.6) is 0 Å². The number of likely N-dealkylation sites (tertiary alicyclic amines) is 1. The van der Waals surface area contributed by atoms with E-state index in [9.17, 15) is 23.1 Å². The van der Waals surface area contributed by atoms with Crippen molar-refractivity contribution in [2.45, 2.75) is 57.3 Å². The Kier molecular flexibility index (Phi) is 4.78. The molecule has 6 heteroatoms. The van der Waals surface area contributed by atoms with Crippen LogP contribution in [0.15, 0.2) is 0 Å². The van der Waals surface area contributed by atoms with E-state index in [0.717, 1.165) is 0 Å². The van der Waals surface area contributed by atoms with Gasteiger partial charge in [0.05, 0.1) is 5.60 Å². The summed E-state index contributed by atoms with van der Waals surface area (Å²) in [6, 6.07) is 0.367.